The van der Waals surface area contributed by atoms with Gasteiger partial charge in [-0.25, -0.2) is 5.43 Å². The van der Waals surface area contributed by atoms with Crippen molar-refractivity contribution in [2.24, 2.45) is 5.10 Å². The Labute approximate surface area is 144 Å². The van der Waals surface area contributed by atoms with E-state index < -0.39 is 0 Å². The SMILES string of the molecule is COc1ccc(/C=N\NC(=O)CNc2ccc(Cl)c(Cl)c2)cc1. The van der Waals surface area contributed by atoms with Crippen molar-refractivity contribution in [1.29, 1.82) is 0 Å². The summed E-state index contributed by atoms with van der Waals surface area (Å²) < 4.78 is 5.06. The highest BCUT2D eigenvalue weighted by atomic mass is 35.5. The van der Waals surface area contributed by atoms with Crippen LogP contribution in [0.2, 0.25) is 10.0 Å². The van der Waals surface area contributed by atoms with E-state index in [1.54, 1.807) is 31.5 Å². The lowest BCUT2D eigenvalue weighted by molar-refractivity contribution is -0.119. The highest BCUT2D eigenvalue weighted by Gasteiger charge is 2.02. The number of halogens is 2. The van der Waals surface area contributed by atoms with Crippen molar-refractivity contribution in [3.05, 3.63) is 58.1 Å². The van der Waals surface area contributed by atoms with E-state index in [0.29, 0.717) is 15.7 Å². The molecule has 0 fully saturated rings. The normalized spacial score (nSPS) is 10.6. The predicted octanol–water partition coefficient (Wildman–Crippen LogP) is 3.56. The van der Waals surface area contributed by atoms with Gasteiger partial charge >= 0.3 is 0 Å². The Morgan fingerprint density at radius 3 is 2.57 bits per heavy atom. The Kier molecular flexibility index (Phi) is 6.26. The molecular formula is C16H15Cl2N3O2. The number of nitrogens with zero attached hydrogens (tertiary/aromatic N) is 1. The van der Waals surface area contributed by atoms with Crippen molar-refractivity contribution in [3.63, 3.8) is 0 Å². The molecule has 120 valence electrons. The van der Waals surface area contributed by atoms with Crippen LogP contribution in [0, 0.1) is 0 Å². The fraction of sp³-hybridized carbons (Fsp3) is 0.125. The number of anilines is 1. The lowest BCUT2D eigenvalue weighted by Gasteiger charge is -2.06. The molecule has 0 aliphatic carbocycles. The maximum absolute atomic E-state index is 11.7. The first-order chi connectivity index (χ1) is 11.1. The number of hydrogen-bond acceptors (Lipinski definition) is 4. The van der Waals surface area contributed by atoms with Crippen LogP contribution in [0.5, 0.6) is 5.75 Å². The third kappa shape index (κ3) is 5.47. The second-order valence-corrected chi connectivity index (χ2v) is 5.36. The predicted molar refractivity (Wildman–Crippen MR) is 93.7 cm³/mol. The van der Waals surface area contributed by atoms with E-state index in [1.807, 2.05) is 24.3 Å². The van der Waals surface area contributed by atoms with Gasteiger partial charge in [0.25, 0.3) is 5.91 Å². The molecule has 1 amide bonds. The largest absolute Gasteiger partial charge is 0.497 e. The second kappa shape index (κ2) is 8.41. The van der Waals surface area contributed by atoms with Crippen molar-refractivity contribution in [1.82, 2.24) is 5.43 Å². The van der Waals surface area contributed by atoms with Crippen LogP contribution in [0.3, 0.4) is 0 Å². The van der Waals surface area contributed by atoms with Crippen LogP contribution >= 0.6 is 23.2 Å². The number of carbonyl (C=O) groups is 1. The summed E-state index contributed by atoms with van der Waals surface area (Å²) in [7, 11) is 1.60. The molecule has 7 heteroatoms. The van der Waals surface area contributed by atoms with E-state index in [4.69, 9.17) is 27.9 Å². The average molecular weight is 352 g/mol. The van der Waals surface area contributed by atoms with E-state index in [9.17, 15) is 4.79 Å². The molecule has 0 heterocycles. The van der Waals surface area contributed by atoms with Gasteiger partial charge in [-0.1, -0.05) is 23.2 Å². The third-order valence-corrected chi connectivity index (χ3v) is 3.63. The molecule has 0 bridgehead atoms. The number of hydrazone groups is 1. The molecule has 0 atom stereocenters. The number of rotatable bonds is 6. The van der Waals surface area contributed by atoms with E-state index in [-0.39, 0.29) is 12.5 Å². The first-order valence-electron chi connectivity index (χ1n) is 6.73. The topological polar surface area (TPSA) is 62.7 Å². The number of amides is 1. The molecule has 0 unspecified atom stereocenters. The molecule has 5 nitrogen and oxygen atoms in total. The molecule has 0 saturated heterocycles. The number of benzene rings is 2. The minimum Gasteiger partial charge on any atom is -0.497 e. The van der Waals surface area contributed by atoms with Crippen LogP contribution in [-0.2, 0) is 4.79 Å². The Morgan fingerprint density at radius 1 is 1.17 bits per heavy atom. The van der Waals surface area contributed by atoms with Gasteiger partial charge in [0.1, 0.15) is 5.75 Å². The summed E-state index contributed by atoms with van der Waals surface area (Å²) in [5.41, 5.74) is 3.99. The third-order valence-electron chi connectivity index (χ3n) is 2.89. The van der Waals surface area contributed by atoms with Crippen LogP contribution in [-0.4, -0.2) is 25.8 Å². The highest BCUT2D eigenvalue weighted by Crippen LogP contribution is 2.24. The zero-order valence-corrected chi connectivity index (χ0v) is 13.9. The number of ether oxygens (including phenoxy) is 1. The lowest BCUT2D eigenvalue weighted by atomic mass is 10.2. The minimum absolute atomic E-state index is 0.0674. The van der Waals surface area contributed by atoms with Crippen molar-refractivity contribution in [2.75, 3.05) is 19.0 Å². The van der Waals surface area contributed by atoms with Crippen LogP contribution < -0.4 is 15.5 Å². The smallest absolute Gasteiger partial charge is 0.259 e. The molecule has 0 aromatic heterocycles. The monoisotopic (exact) mass is 351 g/mol. The lowest BCUT2D eigenvalue weighted by Crippen LogP contribution is -2.25. The van der Waals surface area contributed by atoms with Crippen molar-refractivity contribution in [3.8, 4) is 5.75 Å². The van der Waals surface area contributed by atoms with Gasteiger partial charge in [-0.3, -0.25) is 4.79 Å². The van der Waals surface area contributed by atoms with Gasteiger partial charge < -0.3 is 10.1 Å². The molecule has 0 spiro atoms. The number of nitrogens with one attached hydrogen (secondary N) is 2. The first kappa shape index (κ1) is 17.1. The summed E-state index contributed by atoms with van der Waals surface area (Å²) in [6.45, 7) is 0.0674. The Hall–Kier alpha value is -2.24. The molecular weight excluding hydrogens is 337 g/mol. The summed E-state index contributed by atoms with van der Waals surface area (Å²) in [6, 6.07) is 12.3. The second-order valence-electron chi connectivity index (χ2n) is 4.55. The summed E-state index contributed by atoms with van der Waals surface area (Å²) in [5, 5.41) is 7.71. The van der Waals surface area contributed by atoms with Crippen LogP contribution in [0.1, 0.15) is 5.56 Å². The van der Waals surface area contributed by atoms with Gasteiger partial charge in [-0.15, -0.1) is 0 Å². The average Bonchev–Trinajstić information content (AvgIpc) is 2.56. The molecule has 2 N–H and O–H groups in total. The summed E-state index contributed by atoms with van der Waals surface area (Å²) in [4.78, 5) is 11.7. The Balaban J connectivity index is 1.79. The van der Waals surface area contributed by atoms with Gasteiger partial charge in [0.15, 0.2) is 0 Å². The van der Waals surface area contributed by atoms with Crippen molar-refractivity contribution >= 4 is 41.0 Å². The van der Waals surface area contributed by atoms with Gasteiger partial charge in [-0.05, 0) is 48.0 Å². The Morgan fingerprint density at radius 2 is 1.91 bits per heavy atom. The summed E-state index contributed by atoms with van der Waals surface area (Å²) >= 11 is 11.7. The van der Waals surface area contributed by atoms with Gasteiger partial charge in [-0.2, -0.15) is 5.10 Å². The maximum Gasteiger partial charge on any atom is 0.259 e. The van der Waals surface area contributed by atoms with Gasteiger partial charge in [0.2, 0.25) is 0 Å². The molecule has 23 heavy (non-hydrogen) atoms. The summed E-state index contributed by atoms with van der Waals surface area (Å²) in [6.07, 6.45) is 1.55. The van der Waals surface area contributed by atoms with Crippen LogP contribution in [0.15, 0.2) is 47.6 Å². The number of methoxy groups -OCH3 is 1. The quantitative estimate of drug-likeness (QED) is 0.617. The van der Waals surface area contributed by atoms with Gasteiger partial charge in [0, 0.05) is 5.69 Å². The molecule has 0 radical (unpaired) electrons. The number of hydrogen-bond donors (Lipinski definition) is 2. The van der Waals surface area contributed by atoms with E-state index in [1.165, 1.54) is 0 Å². The molecule has 0 aliphatic rings. The fourth-order valence-corrected chi connectivity index (χ4v) is 1.99. The standard InChI is InChI=1S/C16H15Cl2N3O2/c1-23-13-5-2-11(3-6-13)9-20-21-16(22)10-19-12-4-7-14(17)15(18)8-12/h2-9,19H,10H2,1H3,(H,21,22)/b20-9-. The maximum atomic E-state index is 11.7. The molecule has 2 aromatic carbocycles. The van der Waals surface area contributed by atoms with E-state index >= 15 is 0 Å². The Bertz CT molecular complexity index is 703. The molecule has 2 aromatic rings. The molecule has 2 rings (SSSR count). The highest BCUT2D eigenvalue weighted by molar-refractivity contribution is 6.42. The first-order valence-corrected chi connectivity index (χ1v) is 7.49. The van der Waals surface area contributed by atoms with Crippen molar-refractivity contribution < 1.29 is 9.53 Å². The zero-order valence-electron chi connectivity index (χ0n) is 12.3. The molecule has 0 saturated carbocycles. The fourth-order valence-electron chi connectivity index (χ4n) is 1.70. The van der Waals surface area contributed by atoms with Crippen LogP contribution in [0.4, 0.5) is 5.69 Å². The van der Waals surface area contributed by atoms with E-state index in [2.05, 4.69) is 15.8 Å². The number of carbonyl (C=O) groups excluding carboxylic acids is 1. The van der Waals surface area contributed by atoms with Crippen molar-refractivity contribution in [2.45, 2.75) is 0 Å². The minimum atomic E-state index is -0.277. The van der Waals surface area contributed by atoms with Gasteiger partial charge in [0.05, 0.1) is 29.9 Å². The zero-order chi connectivity index (χ0) is 16.7. The summed E-state index contributed by atoms with van der Waals surface area (Å²) in [5.74, 6) is 0.484. The van der Waals surface area contributed by atoms with Crippen LogP contribution in [0.25, 0.3) is 0 Å². The molecule has 0 aliphatic heterocycles. The van der Waals surface area contributed by atoms with E-state index in [0.717, 1.165) is 11.3 Å².